The van der Waals surface area contributed by atoms with Crippen molar-refractivity contribution in [1.82, 2.24) is 0 Å². The van der Waals surface area contributed by atoms with Gasteiger partial charge in [0.05, 0.1) is 0 Å². The van der Waals surface area contributed by atoms with Crippen molar-refractivity contribution in [3.8, 4) is 0 Å². The topological polar surface area (TPSA) is 78.9 Å². The summed E-state index contributed by atoms with van der Waals surface area (Å²) in [6.07, 6.45) is 0. The van der Waals surface area contributed by atoms with E-state index in [9.17, 15) is 14.4 Å². The summed E-state index contributed by atoms with van der Waals surface area (Å²) in [5.74, 6) is -2.66. The van der Waals surface area contributed by atoms with Gasteiger partial charge in [0.2, 0.25) is 0 Å². The second-order valence-corrected chi connectivity index (χ2v) is 2.12. The molecule has 0 aromatic heterocycles. The van der Waals surface area contributed by atoms with Crippen LogP contribution in [0.2, 0.25) is 0 Å². The molecule has 0 spiro atoms. The molecule has 6 nitrogen and oxygen atoms in total. The quantitative estimate of drug-likeness (QED) is 0.451. The third-order valence-corrected chi connectivity index (χ3v) is 0.787. The van der Waals surface area contributed by atoms with Crippen LogP contribution in [0, 0.1) is 0 Å². The van der Waals surface area contributed by atoms with Gasteiger partial charge in [-0.2, -0.15) is 0 Å². The van der Waals surface area contributed by atoms with Crippen LogP contribution in [0.5, 0.6) is 0 Å². The molecular formula is C6H10BNaO6. The molecule has 0 amide bonds. The molecule has 0 unspecified atom stereocenters. The number of hydrogen-bond donors (Lipinski definition) is 0. The molecular weight excluding hydrogens is 202 g/mol. The minimum atomic E-state index is -3.41. The zero-order valence-electron chi connectivity index (χ0n) is 9.53. The molecule has 0 aromatic rings. The van der Waals surface area contributed by atoms with Crippen LogP contribution in [0.4, 0.5) is 0 Å². The Balaban J connectivity index is 0. The molecule has 0 fully saturated rings. The predicted molar refractivity (Wildman–Crippen MR) is 42.4 cm³/mol. The molecule has 14 heavy (non-hydrogen) atoms. The van der Waals surface area contributed by atoms with E-state index < -0.39 is 25.2 Å². The fourth-order valence-corrected chi connectivity index (χ4v) is 0.479. The van der Waals surface area contributed by atoms with E-state index >= 15 is 0 Å². The zero-order valence-corrected chi connectivity index (χ0v) is 10.5. The van der Waals surface area contributed by atoms with Crippen molar-refractivity contribution in [2.45, 2.75) is 20.8 Å². The van der Waals surface area contributed by atoms with Crippen molar-refractivity contribution in [3.63, 3.8) is 0 Å². The maximum atomic E-state index is 10.5. The fraction of sp³-hybridized carbons (Fsp3) is 0.500. The van der Waals surface area contributed by atoms with Gasteiger partial charge in [0, 0.05) is 20.8 Å². The Kier molecular flexibility index (Phi) is 7.55. The summed E-state index contributed by atoms with van der Waals surface area (Å²) in [5, 5.41) is 0. The van der Waals surface area contributed by atoms with E-state index in [2.05, 4.69) is 14.0 Å². The summed E-state index contributed by atoms with van der Waals surface area (Å²) < 4.78 is 20.0. The van der Waals surface area contributed by atoms with Crippen LogP contribution in [-0.4, -0.2) is 26.5 Å². The van der Waals surface area contributed by atoms with Gasteiger partial charge in [-0.25, -0.2) is 0 Å². The Labute approximate surface area is 105 Å². The molecule has 0 radical (unpaired) electrons. The van der Waals surface area contributed by atoms with Crippen LogP contribution in [-0.2, 0) is 28.3 Å². The molecule has 0 N–H and O–H groups in total. The molecule has 0 heterocycles. The Morgan fingerprint density at radius 3 is 1.29 bits per heavy atom. The molecule has 0 bridgehead atoms. The Morgan fingerprint density at radius 1 is 0.929 bits per heavy atom. The molecule has 0 rings (SSSR count). The van der Waals surface area contributed by atoms with Gasteiger partial charge in [0.15, 0.2) is 0 Å². The zero-order chi connectivity index (χ0) is 11.4. The van der Waals surface area contributed by atoms with Crippen LogP contribution in [0.1, 0.15) is 20.8 Å². The molecule has 0 aliphatic rings. The van der Waals surface area contributed by atoms with E-state index in [1.165, 1.54) is 0 Å². The fourth-order valence-electron chi connectivity index (χ4n) is 0.479. The molecule has 0 aliphatic heterocycles. The third-order valence-electron chi connectivity index (χ3n) is 0.787. The first kappa shape index (κ1) is 13.5. The predicted octanol–water partition coefficient (Wildman–Crippen LogP) is -3.60. The first-order chi connectivity index (χ1) is 6.25. The van der Waals surface area contributed by atoms with Crippen LogP contribution in [0.15, 0.2) is 0 Å². The average molecular weight is 214 g/mol. The largest absolute Gasteiger partial charge is 1.00 e. The molecule has 0 aromatic carbocycles. The van der Waals surface area contributed by atoms with E-state index in [-0.39, 0.29) is 29.6 Å². The van der Waals surface area contributed by atoms with Gasteiger partial charge in [-0.1, -0.05) is 1.34 Å². The van der Waals surface area contributed by atoms with Gasteiger partial charge >= 0.3 is 36.8 Å². The summed E-state index contributed by atoms with van der Waals surface area (Å²) in [4.78, 5) is 31.5. The van der Waals surface area contributed by atoms with Crippen molar-refractivity contribution in [2.24, 2.45) is 0 Å². The van der Waals surface area contributed by atoms with Crippen molar-refractivity contribution >= 4 is 25.2 Å². The van der Waals surface area contributed by atoms with Gasteiger partial charge < -0.3 is 14.0 Å². The van der Waals surface area contributed by atoms with E-state index in [0.717, 1.165) is 20.8 Å². The molecule has 0 aliphatic carbocycles. The van der Waals surface area contributed by atoms with Crippen LogP contribution in [0.25, 0.3) is 0 Å². The minimum absolute atomic E-state index is 0. The van der Waals surface area contributed by atoms with E-state index in [1.54, 1.807) is 0 Å². The summed E-state index contributed by atoms with van der Waals surface area (Å²) >= 11 is 0. The maximum Gasteiger partial charge on any atom is 1.00 e. The summed E-state index contributed by atoms with van der Waals surface area (Å²) in [6.45, 7) is 2.99. The normalized spacial score (nSPS) is 10.4. The van der Waals surface area contributed by atoms with Crippen molar-refractivity contribution < 1.29 is 57.9 Å². The first-order valence-corrected chi connectivity index (χ1v) is 3.43. The molecule has 0 saturated carbocycles. The van der Waals surface area contributed by atoms with Gasteiger partial charge in [-0.05, 0) is 0 Å². The van der Waals surface area contributed by atoms with Gasteiger partial charge in [-0.15, -0.1) is 0 Å². The van der Waals surface area contributed by atoms with Crippen molar-refractivity contribution in [3.05, 3.63) is 0 Å². The standard InChI is InChI=1S/C6H10BO6.Na/c1-4(8)11-7(12-5(2)9)13-6(3)10;/h7H,1-3H3;/q-1;+1/i7T;. The number of rotatable bonds is 3. The van der Waals surface area contributed by atoms with E-state index in [0.29, 0.717) is 0 Å². The van der Waals surface area contributed by atoms with Crippen LogP contribution < -0.4 is 29.6 Å². The number of carbonyl (C=O) groups excluding carboxylic acids is 3. The van der Waals surface area contributed by atoms with Gasteiger partial charge in [-0.3, -0.25) is 14.4 Å². The summed E-state index contributed by atoms with van der Waals surface area (Å²) in [6, 6.07) is 0. The molecule has 8 heteroatoms. The number of carbonyl (C=O) groups is 3. The van der Waals surface area contributed by atoms with Gasteiger partial charge in [0.1, 0.15) is 0 Å². The van der Waals surface area contributed by atoms with Crippen LogP contribution in [0.3, 0.4) is 0 Å². The summed E-state index contributed by atoms with van der Waals surface area (Å²) in [7, 11) is -3.41. The minimum Gasteiger partial charge on any atom is -0.625 e. The smallest absolute Gasteiger partial charge is 0.625 e. The van der Waals surface area contributed by atoms with Gasteiger partial charge in [0.25, 0.3) is 17.9 Å². The molecule has 74 valence electrons. The Bertz CT molecular complexity index is 230. The van der Waals surface area contributed by atoms with Crippen molar-refractivity contribution in [1.29, 1.82) is 1.34 Å². The average Bonchev–Trinajstić information content (AvgIpc) is 1.76. The maximum absolute atomic E-state index is 10.5. The second-order valence-electron chi connectivity index (χ2n) is 2.12. The molecule has 0 atom stereocenters. The third kappa shape index (κ3) is 9.56. The number of hydrogen-bond acceptors (Lipinski definition) is 6. The van der Waals surface area contributed by atoms with E-state index in [4.69, 9.17) is 1.34 Å². The monoisotopic (exact) mass is 214 g/mol. The Morgan fingerprint density at radius 2 is 1.14 bits per heavy atom. The first-order valence-electron chi connectivity index (χ1n) is 4.01. The Hall–Kier alpha value is -0.525. The molecule has 0 saturated heterocycles. The van der Waals surface area contributed by atoms with Crippen LogP contribution >= 0.6 is 0 Å². The van der Waals surface area contributed by atoms with E-state index in [1.807, 2.05) is 0 Å². The SMILES string of the molecule is [3H][B-](OC(C)=O)(OC(C)=O)OC(C)=O.[Na+]. The van der Waals surface area contributed by atoms with Crippen molar-refractivity contribution in [2.75, 3.05) is 0 Å². The summed E-state index contributed by atoms with van der Waals surface area (Å²) in [5.41, 5.74) is 0. The second kappa shape index (κ2) is 7.84.